The summed E-state index contributed by atoms with van der Waals surface area (Å²) in [6.07, 6.45) is 3.38. The molecule has 3 heterocycles. The molecular weight excluding hydrogens is 392 g/mol. The van der Waals surface area contributed by atoms with Crippen LogP contribution in [0, 0.1) is 5.92 Å². The Balaban J connectivity index is 1.28. The Morgan fingerprint density at radius 1 is 1.00 bits per heavy atom. The van der Waals surface area contributed by atoms with E-state index in [-0.39, 0.29) is 11.8 Å². The van der Waals surface area contributed by atoms with Crippen LogP contribution >= 0.6 is 0 Å². The standard InChI is InChI=1S/C24H24N4O3/c29-24(27-19-8-9-21-22(13-19)31-12-11-30-21)18-7-4-10-28(15-18)23-14-20(25-16-26-23)17-5-2-1-3-6-17/h1-3,5-6,8-9,13-14,16,18H,4,7,10-12,15H2,(H,27,29). The molecule has 0 radical (unpaired) electrons. The molecule has 0 bridgehead atoms. The molecular formula is C24H24N4O3. The summed E-state index contributed by atoms with van der Waals surface area (Å²) in [7, 11) is 0. The Morgan fingerprint density at radius 3 is 2.71 bits per heavy atom. The number of hydrogen-bond acceptors (Lipinski definition) is 6. The molecule has 1 amide bonds. The van der Waals surface area contributed by atoms with Gasteiger partial charge >= 0.3 is 0 Å². The molecule has 0 saturated carbocycles. The van der Waals surface area contributed by atoms with Crippen molar-refractivity contribution in [3.63, 3.8) is 0 Å². The highest BCUT2D eigenvalue weighted by Crippen LogP contribution is 2.33. The van der Waals surface area contributed by atoms with E-state index in [2.05, 4.69) is 20.2 Å². The van der Waals surface area contributed by atoms with E-state index in [1.165, 1.54) is 0 Å². The molecule has 1 N–H and O–H groups in total. The molecule has 1 saturated heterocycles. The Hall–Kier alpha value is -3.61. The van der Waals surface area contributed by atoms with Gasteiger partial charge in [-0.25, -0.2) is 9.97 Å². The van der Waals surface area contributed by atoms with Gasteiger partial charge in [0.2, 0.25) is 5.91 Å². The number of nitrogens with zero attached hydrogens (tertiary/aromatic N) is 3. The number of hydrogen-bond donors (Lipinski definition) is 1. The average Bonchev–Trinajstić information content (AvgIpc) is 2.85. The van der Waals surface area contributed by atoms with Crippen LogP contribution in [0.25, 0.3) is 11.3 Å². The van der Waals surface area contributed by atoms with Crippen LogP contribution in [0.3, 0.4) is 0 Å². The van der Waals surface area contributed by atoms with Crippen molar-refractivity contribution >= 4 is 17.4 Å². The van der Waals surface area contributed by atoms with Gasteiger partial charge in [0.15, 0.2) is 11.5 Å². The summed E-state index contributed by atoms with van der Waals surface area (Å²) in [5.74, 6) is 2.14. The van der Waals surface area contributed by atoms with Crippen molar-refractivity contribution in [1.29, 1.82) is 0 Å². The van der Waals surface area contributed by atoms with Crippen LogP contribution < -0.4 is 19.7 Å². The smallest absolute Gasteiger partial charge is 0.229 e. The average molecular weight is 416 g/mol. The molecule has 1 unspecified atom stereocenters. The predicted octanol–water partition coefficient (Wildman–Crippen LogP) is 3.77. The van der Waals surface area contributed by atoms with E-state index in [0.29, 0.717) is 31.3 Å². The number of amides is 1. The maximum Gasteiger partial charge on any atom is 0.229 e. The highest BCUT2D eigenvalue weighted by molar-refractivity contribution is 5.93. The van der Waals surface area contributed by atoms with Crippen molar-refractivity contribution in [3.8, 4) is 22.8 Å². The van der Waals surface area contributed by atoms with Gasteiger partial charge in [0.05, 0.1) is 11.6 Å². The topological polar surface area (TPSA) is 76.6 Å². The molecule has 0 aliphatic carbocycles. The second-order valence-corrected chi connectivity index (χ2v) is 7.76. The summed E-state index contributed by atoms with van der Waals surface area (Å²) >= 11 is 0. The zero-order valence-corrected chi connectivity index (χ0v) is 17.2. The zero-order chi connectivity index (χ0) is 21.0. The van der Waals surface area contributed by atoms with Crippen molar-refractivity contribution in [2.75, 3.05) is 36.5 Å². The van der Waals surface area contributed by atoms with Crippen LogP contribution in [0.2, 0.25) is 0 Å². The lowest BCUT2D eigenvalue weighted by Crippen LogP contribution is -2.41. The molecule has 1 aromatic heterocycles. The number of carbonyl (C=O) groups is 1. The molecule has 1 atom stereocenters. The Kier molecular flexibility index (Phi) is 5.39. The second kappa shape index (κ2) is 8.63. The molecule has 31 heavy (non-hydrogen) atoms. The first-order valence-corrected chi connectivity index (χ1v) is 10.6. The molecule has 1 fully saturated rings. The first-order chi connectivity index (χ1) is 15.3. The van der Waals surface area contributed by atoms with Crippen molar-refractivity contribution in [3.05, 3.63) is 60.9 Å². The van der Waals surface area contributed by atoms with Crippen LogP contribution in [-0.2, 0) is 4.79 Å². The van der Waals surface area contributed by atoms with Gasteiger partial charge < -0.3 is 19.7 Å². The third-order valence-corrected chi connectivity index (χ3v) is 5.65. The van der Waals surface area contributed by atoms with Crippen molar-refractivity contribution in [2.24, 2.45) is 5.92 Å². The largest absolute Gasteiger partial charge is 0.486 e. The maximum absolute atomic E-state index is 13.0. The summed E-state index contributed by atoms with van der Waals surface area (Å²) < 4.78 is 11.2. The highest BCUT2D eigenvalue weighted by atomic mass is 16.6. The minimum absolute atomic E-state index is 0.0127. The lowest BCUT2D eigenvalue weighted by atomic mass is 9.97. The van der Waals surface area contributed by atoms with E-state index in [1.807, 2.05) is 54.6 Å². The van der Waals surface area contributed by atoms with Gasteiger partial charge in [-0.3, -0.25) is 4.79 Å². The number of ether oxygens (including phenoxy) is 2. The van der Waals surface area contributed by atoms with Crippen molar-refractivity contribution in [2.45, 2.75) is 12.8 Å². The molecule has 5 rings (SSSR count). The molecule has 0 spiro atoms. The summed E-state index contributed by atoms with van der Waals surface area (Å²) in [6, 6.07) is 17.6. The number of carbonyl (C=O) groups excluding carboxylic acids is 1. The summed E-state index contributed by atoms with van der Waals surface area (Å²) in [5.41, 5.74) is 2.66. The summed E-state index contributed by atoms with van der Waals surface area (Å²) in [4.78, 5) is 24.0. The van der Waals surface area contributed by atoms with Gasteiger partial charge in [-0.2, -0.15) is 0 Å². The fourth-order valence-electron chi connectivity index (χ4n) is 4.05. The minimum Gasteiger partial charge on any atom is -0.486 e. The van der Waals surface area contributed by atoms with Gasteiger partial charge in [0, 0.05) is 36.5 Å². The summed E-state index contributed by atoms with van der Waals surface area (Å²) in [5, 5.41) is 3.04. The number of benzene rings is 2. The van der Waals surface area contributed by atoms with Crippen LogP contribution in [-0.4, -0.2) is 42.2 Å². The first kappa shape index (κ1) is 19.4. The third-order valence-electron chi connectivity index (χ3n) is 5.65. The fourth-order valence-corrected chi connectivity index (χ4v) is 4.05. The SMILES string of the molecule is O=C(Nc1ccc2c(c1)OCCO2)C1CCCN(c2cc(-c3ccccc3)ncn2)C1. The van der Waals surface area contributed by atoms with E-state index >= 15 is 0 Å². The van der Waals surface area contributed by atoms with E-state index in [4.69, 9.17) is 9.47 Å². The van der Waals surface area contributed by atoms with Gasteiger partial charge in [0.1, 0.15) is 25.4 Å². The molecule has 7 heteroatoms. The lowest BCUT2D eigenvalue weighted by molar-refractivity contribution is -0.120. The van der Waals surface area contributed by atoms with E-state index in [1.54, 1.807) is 6.33 Å². The van der Waals surface area contributed by atoms with Crippen LogP contribution in [0.15, 0.2) is 60.9 Å². The molecule has 2 aliphatic rings. The minimum atomic E-state index is -0.114. The maximum atomic E-state index is 13.0. The number of fused-ring (bicyclic) bond motifs is 1. The number of nitrogens with one attached hydrogen (secondary N) is 1. The number of rotatable bonds is 4. The van der Waals surface area contributed by atoms with Gasteiger partial charge in [-0.1, -0.05) is 30.3 Å². The highest BCUT2D eigenvalue weighted by Gasteiger charge is 2.27. The van der Waals surface area contributed by atoms with E-state index < -0.39 is 0 Å². The normalized spacial score (nSPS) is 17.8. The second-order valence-electron chi connectivity index (χ2n) is 7.76. The third kappa shape index (κ3) is 4.30. The Labute approximate surface area is 181 Å². The monoisotopic (exact) mass is 416 g/mol. The van der Waals surface area contributed by atoms with Gasteiger partial charge in [0.25, 0.3) is 0 Å². The predicted molar refractivity (Wildman–Crippen MR) is 118 cm³/mol. The van der Waals surface area contributed by atoms with Crippen LogP contribution in [0.4, 0.5) is 11.5 Å². The molecule has 3 aromatic rings. The quantitative estimate of drug-likeness (QED) is 0.698. The molecule has 2 aliphatic heterocycles. The Morgan fingerprint density at radius 2 is 1.84 bits per heavy atom. The number of piperidine rings is 1. The van der Waals surface area contributed by atoms with Crippen LogP contribution in [0.5, 0.6) is 11.5 Å². The van der Waals surface area contributed by atoms with Gasteiger partial charge in [-0.15, -0.1) is 0 Å². The number of aromatic nitrogens is 2. The molecule has 158 valence electrons. The molecule has 2 aromatic carbocycles. The molecule has 7 nitrogen and oxygen atoms in total. The fraction of sp³-hybridized carbons (Fsp3) is 0.292. The Bertz CT molecular complexity index is 1070. The first-order valence-electron chi connectivity index (χ1n) is 10.6. The van der Waals surface area contributed by atoms with E-state index in [0.717, 1.165) is 42.1 Å². The van der Waals surface area contributed by atoms with Crippen LogP contribution in [0.1, 0.15) is 12.8 Å². The summed E-state index contributed by atoms with van der Waals surface area (Å²) in [6.45, 7) is 2.57. The zero-order valence-electron chi connectivity index (χ0n) is 17.2. The lowest BCUT2D eigenvalue weighted by Gasteiger charge is -2.33. The van der Waals surface area contributed by atoms with Crippen molar-refractivity contribution < 1.29 is 14.3 Å². The number of anilines is 2. The van der Waals surface area contributed by atoms with E-state index in [9.17, 15) is 4.79 Å². The van der Waals surface area contributed by atoms with Gasteiger partial charge in [-0.05, 0) is 25.0 Å². The van der Waals surface area contributed by atoms with Crippen molar-refractivity contribution in [1.82, 2.24) is 9.97 Å².